The molecule has 7 nitrogen and oxygen atoms in total. The molecule has 2 amide bonds. The average molecular weight is 452 g/mol. The van der Waals surface area contributed by atoms with Crippen LogP contribution in [0, 0.1) is 17.5 Å². The van der Waals surface area contributed by atoms with E-state index in [2.05, 4.69) is 10.3 Å². The summed E-state index contributed by atoms with van der Waals surface area (Å²) < 4.78 is 46.0. The Balaban J connectivity index is 1.78. The monoisotopic (exact) mass is 451 g/mol. The lowest BCUT2D eigenvalue weighted by Crippen LogP contribution is -2.41. The first-order valence-corrected chi connectivity index (χ1v) is 9.26. The maximum atomic E-state index is 14.0. The molecule has 4 rings (SSSR count). The van der Waals surface area contributed by atoms with Crippen molar-refractivity contribution in [3.63, 3.8) is 0 Å². The van der Waals surface area contributed by atoms with E-state index in [1.807, 2.05) is 0 Å². The van der Waals surface area contributed by atoms with Gasteiger partial charge in [-0.05, 0) is 35.7 Å². The molecule has 1 aromatic heterocycles. The summed E-state index contributed by atoms with van der Waals surface area (Å²) >= 11 is 5.72. The van der Waals surface area contributed by atoms with Gasteiger partial charge in [0.05, 0.1) is 16.5 Å². The first-order valence-electron chi connectivity index (χ1n) is 8.88. The van der Waals surface area contributed by atoms with Crippen molar-refractivity contribution in [2.75, 3.05) is 19.0 Å². The first kappa shape index (κ1) is 20.7. The maximum Gasteiger partial charge on any atom is 0.355 e. The number of hydrogen-bond donors (Lipinski definition) is 2. The van der Waals surface area contributed by atoms with Crippen LogP contribution in [0.3, 0.4) is 0 Å². The van der Waals surface area contributed by atoms with Gasteiger partial charge in [-0.3, -0.25) is 4.79 Å². The maximum absolute atomic E-state index is 14.0. The number of pyridine rings is 1. The van der Waals surface area contributed by atoms with Crippen molar-refractivity contribution < 1.29 is 27.5 Å². The summed E-state index contributed by atoms with van der Waals surface area (Å²) in [5, 5.41) is 2.11. The zero-order chi connectivity index (χ0) is 22.4. The van der Waals surface area contributed by atoms with Crippen LogP contribution >= 0.6 is 11.6 Å². The van der Waals surface area contributed by atoms with Gasteiger partial charge in [-0.25, -0.2) is 22.8 Å². The molecule has 0 unspecified atom stereocenters. The third-order valence-electron chi connectivity index (χ3n) is 4.97. The number of carbonyl (C=O) groups is 2. The van der Waals surface area contributed by atoms with Gasteiger partial charge in [0.25, 0.3) is 5.56 Å². The number of ether oxygens (including phenoxy) is 1. The molecule has 0 radical (unpaired) electrons. The Kier molecular flexibility index (Phi) is 5.10. The van der Waals surface area contributed by atoms with E-state index in [4.69, 9.17) is 16.3 Å². The van der Waals surface area contributed by atoms with Gasteiger partial charge in [0.2, 0.25) is 0 Å². The highest BCUT2D eigenvalue weighted by atomic mass is 35.5. The van der Waals surface area contributed by atoms with Crippen LogP contribution in [0.5, 0.6) is 0 Å². The fourth-order valence-electron chi connectivity index (χ4n) is 3.39. The van der Waals surface area contributed by atoms with Crippen LogP contribution in [-0.4, -0.2) is 35.5 Å². The number of carbonyl (C=O) groups excluding carboxylic acids is 2. The van der Waals surface area contributed by atoms with E-state index in [0.29, 0.717) is 0 Å². The van der Waals surface area contributed by atoms with E-state index in [9.17, 15) is 27.6 Å². The van der Waals surface area contributed by atoms with E-state index >= 15 is 0 Å². The number of anilines is 1. The summed E-state index contributed by atoms with van der Waals surface area (Å²) in [5.41, 5.74) is -0.752. The number of cyclic esters (lactones) is 1. The van der Waals surface area contributed by atoms with Gasteiger partial charge in [-0.15, -0.1) is 0 Å². The fraction of sp³-hybridized carbons (Fsp3) is 0.150. The van der Waals surface area contributed by atoms with Crippen LogP contribution in [0.25, 0.3) is 10.8 Å². The second-order valence-electron chi connectivity index (χ2n) is 6.84. The molecule has 0 bridgehead atoms. The lowest BCUT2D eigenvalue weighted by atomic mass is 9.95. The molecule has 160 valence electrons. The topological polar surface area (TPSA) is 91.5 Å². The highest BCUT2D eigenvalue weighted by Gasteiger charge is 2.35. The molecule has 31 heavy (non-hydrogen) atoms. The van der Waals surface area contributed by atoms with Crippen LogP contribution in [0.4, 0.5) is 23.7 Å². The van der Waals surface area contributed by atoms with Crippen LogP contribution in [0.15, 0.2) is 35.1 Å². The van der Waals surface area contributed by atoms with E-state index in [1.165, 1.54) is 19.2 Å². The Morgan fingerprint density at radius 2 is 1.81 bits per heavy atom. The number of benzene rings is 2. The number of rotatable bonds is 2. The summed E-state index contributed by atoms with van der Waals surface area (Å²) in [6, 6.07) is 3.49. The molecule has 1 atom stereocenters. The molecule has 2 heterocycles. The number of fused-ring (bicyclic) bond motifs is 3. The van der Waals surface area contributed by atoms with Crippen LogP contribution in [-0.2, 0) is 4.74 Å². The van der Waals surface area contributed by atoms with Crippen molar-refractivity contribution in [2.24, 2.45) is 0 Å². The quantitative estimate of drug-likeness (QED) is 0.577. The van der Waals surface area contributed by atoms with Crippen molar-refractivity contribution in [2.45, 2.75) is 6.04 Å². The number of H-pyrrole nitrogens is 1. The van der Waals surface area contributed by atoms with Crippen LogP contribution < -0.4 is 10.9 Å². The average Bonchev–Trinajstić information content (AvgIpc) is 2.72. The molecule has 1 aliphatic rings. The molecule has 0 saturated heterocycles. The number of halogens is 4. The van der Waals surface area contributed by atoms with Gasteiger partial charge >= 0.3 is 12.0 Å². The predicted molar refractivity (Wildman–Crippen MR) is 106 cm³/mol. The van der Waals surface area contributed by atoms with Crippen molar-refractivity contribution >= 4 is 40.1 Å². The minimum Gasteiger partial charge on any atom is -0.458 e. The van der Waals surface area contributed by atoms with E-state index in [-0.39, 0.29) is 39.3 Å². The Morgan fingerprint density at radius 1 is 1.13 bits per heavy atom. The Bertz CT molecular complexity index is 1310. The number of aromatic nitrogens is 1. The summed E-state index contributed by atoms with van der Waals surface area (Å²) in [4.78, 5) is 40.7. The summed E-state index contributed by atoms with van der Waals surface area (Å²) in [6.07, 6.45) is 0. The van der Waals surface area contributed by atoms with Crippen LogP contribution in [0.1, 0.15) is 22.1 Å². The molecule has 0 fully saturated rings. The summed E-state index contributed by atoms with van der Waals surface area (Å²) in [5.74, 6) is -3.97. The summed E-state index contributed by atoms with van der Waals surface area (Å²) in [7, 11) is 1.38. The number of urea groups is 1. The van der Waals surface area contributed by atoms with Gasteiger partial charge in [0, 0.05) is 18.3 Å². The third-order valence-corrected chi connectivity index (χ3v) is 5.26. The molecule has 2 N–H and O–H groups in total. The highest BCUT2D eigenvalue weighted by Crippen LogP contribution is 2.34. The first-order chi connectivity index (χ1) is 14.7. The number of nitrogens with one attached hydrogen (secondary N) is 2. The molecule has 3 aromatic rings. The van der Waals surface area contributed by atoms with E-state index < -0.39 is 41.1 Å². The van der Waals surface area contributed by atoms with E-state index in [1.54, 1.807) is 0 Å². The minimum absolute atomic E-state index is 0.0243. The van der Waals surface area contributed by atoms with Crippen molar-refractivity contribution in [3.05, 3.63) is 74.4 Å². The molecule has 2 aromatic carbocycles. The molecular weight excluding hydrogens is 439 g/mol. The Labute approximate surface area is 177 Å². The third kappa shape index (κ3) is 3.59. The zero-order valence-electron chi connectivity index (χ0n) is 15.8. The number of amides is 2. The second kappa shape index (κ2) is 7.62. The lowest BCUT2D eigenvalue weighted by Gasteiger charge is -2.33. The lowest BCUT2D eigenvalue weighted by molar-refractivity contribution is 0.0344. The number of esters is 1. The largest absolute Gasteiger partial charge is 0.458 e. The van der Waals surface area contributed by atoms with E-state index in [0.717, 1.165) is 23.1 Å². The van der Waals surface area contributed by atoms with Gasteiger partial charge < -0.3 is 19.9 Å². The van der Waals surface area contributed by atoms with Crippen LogP contribution in [0.2, 0.25) is 5.02 Å². The zero-order valence-corrected chi connectivity index (χ0v) is 16.5. The molecule has 0 saturated carbocycles. The molecule has 0 spiro atoms. The number of nitrogens with zero attached hydrogens (tertiary/aromatic N) is 1. The van der Waals surface area contributed by atoms with Gasteiger partial charge in [0.15, 0.2) is 11.6 Å². The van der Waals surface area contributed by atoms with Gasteiger partial charge in [-0.2, -0.15) is 0 Å². The number of aromatic amines is 1. The van der Waals surface area contributed by atoms with Crippen molar-refractivity contribution in [3.8, 4) is 0 Å². The predicted octanol–water partition coefficient (Wildman–Crippen LogP) is 3.97. The standard InChI is InChI=1S/C20H13ClF3N3O4/c1-27(20(30)25-8-2-3-12(22)11(21)4-8)15-7-31-19(29)17-16(15)9-5-13(23)14(24)6-10(9)18(28)26-17/h2-6,15H,7H2,1H3,(H,25,30)(H,26,28)/t15-/m0/s1. The molecule has 0 aliphatic carbocycles. The minimum atomic E-state index is -1.23. The number of likely N-dealkylation sites (N-methyl/N-ethyl adjacent to an activating group) is 1. The Morgan fingerprint density at radius 3 is 2.48 bits per heavy atom. The molecular formula is C20H13ClF3N3O4. The van der Waals surface area contributed by atoms with Crippen molar-refractivity contribution in [1.29, 1.82) is 0 Å². The SMILES string of the molecule is CN(C(=O)Nc1ccc(F)c(Cl)c1)[C@H]1COC(=O)c2[nH]c(=O)c3cc(F)c(F)cc3c21. The second-order valence-corrected chi connectivity index (χ2v) is 7.25. The Hall–Kier alpha value is -3.53. The fourth-order valence-corrected chi connectivity index (χ4v) is 3.57. The molecule has 1 aliphatic heterocycles. The summed E-state index contributed by atoms with van der Waals surface area (Å²) in [6.45, 7) is -0.292. The smallest absolute Gasteiger partial charge is 0.355 e. The van der Waals surface area contributed by atoms with Gasteiger partial charge in [-0.1, -0.05) is 11.6 Å². The highest BCUT2D eigenvalue weighted by molar-refractivity contribution is 6.31. The molecule has 11 heteroatoms. The van der Waals surface area contributed by atoms with Crippen molar-refractivity contribution in [1.82, 2.24) is 9.88 Å². The normalized spacial score (nSPS) is 15.4. The van der Waals surface area contributed by atoms with Gasteiger partial charge in [0.1, 0.15) is 18.1 Å². The number of hydrogen-bond acceptors (Lipinski definition) is 4.